The van der Waals surface area contributed by atoms with Crippen molar-refractivity contribution in [3.8, 4) is 5.75 Å². The van der Waals surface area contributed by atoms with Gasteiger partial charge in [-0.15, -0.1) is 0 Å². The van der Waals surface area contributed by atoms with Gasteiger partial charge in [-0.1, -0.05) is 24.3 Å². The highest BCUT2D eigenvalue weighted by Gasteiger charge is 2.30. The van der Waals surface area contributed by atoms with Crippen molar-refractivity contribution in [3.05, 3.63) is 95.6 Å². The van der Waals surface area contributed by atoms with Gasteiger partial charge in [0.05, 0.1) is 18.1 Å². The summed E-state index contributed by atoms with van der Waals surface area (Å²) in [5, 5.41) is 33.1. The molecule has 3 rings (SSSR count). The van der Waals surface area contributed by atoms with Crippen molar-refractivity contribution in [2.24, 2.45) is 5.92 Å². The topological polar surface area (TPSA) is 89.8 Å². The normalized spacial score (nSPS) is 13.9. The van der Waals surface area contributed by atoms with Gasteiger partial charge < -0.3 is 20.6 Å². The molecule has 3 aromatic rings. The summed E-state index contributed by atoms with van der Waals surface area (Å²) in [5.74, 6) is -2.80. The van der Waals surface area contributed by atoms with Gasteiger partial charge in [-0.05, 0) is 72.5 Å². The van der Waals surface area contributed by atoms with Crippen molar-refractivity contribution < 1.29 is 28.9 Å². The standard InChI is InChI=1S/C24H23F2NO4/c25-17-5-1-15(2-6-17)22(29)14-13-21(24(30)31)23(16-3-11-20(28)12-4-16)27-19-9-7-18(26)8-10-19/h1-12,21-23,27-29H,13-14H2,(H,30,31)/t21-,22+,23-/m1/s1. The van der Waals surface area contributed by atoms with E-state index in [1.54, 1.807) is 12.1 Å². The summed E-state index contributed by atoms with van der Waals surface area (Å²) in [5.41, 5.74) is 1.65. The molecular formula is C24H23F2NO4. The van der Waals surface area contributed by atoms with Gasteiger partial charge in [0.15, 0.2) is 0 Å². The minimum atomic E-state index is -1.07. The first-order valence-electron chi connectivity index (χ1n) is 9.81. The number of benzene rings is 3. The molecule has 0 saturated heterocycles. The second kappa shape index (κ2) is 10.0. The Labute approximate surface area is 178 Å². The Morgan fingerprint density at radius 3 is 1.87 bits per heavy atom. The van der Waals surface area contributed by atoms with E-state index in [0.717, 1.165) is 0 Å². The first kappa shape index (κ1) is 22.2. The fraction of sp³-hybridized carbons (Fsp3) is 0.208. The smallest absolute Gasteiger partial charge is 0.308 e. The second-order valence-corrected chi connectivity index (χ2v) is 7.31. The average Bonchev–Trinajstić information content (AvgIpc) is 2.75. The van der Waals surface area contributed by atoms with Crippen LogP contribution in [-0.4, -0.2) is 21.3 Å². The lowest BCUT2D eigenvalue weighted by molar-refractivity contribution is -0.142. The number of carbonyl (C=O) groups is 1. The quantitative estimate of drug-likeness (QED) is 0.384. The SMILES string of the molecule is O=C(O)[C@H](CC[C@H](O)c1ccc(F)cc1)[C@H](Nc1ccc(F)cc1)c1ccc(O)cc1. The molecule has 0 aliphatic carbocycles. The molecule has 0 spiro atoms. The van der Waals surface area contributed by atoms with Crippen LogP contribution in [0.15, 0.2) is 72.8 Å². The van der Waals surface area contributed by atoms with Gasteiger partial charge in [0.2, 0.25) is 0 Å². The fourth-order valence-electron chi connectivity index (χ4n) is 3.45. The van der Waals surface area contributed by atoms with Crippen LogP contribution in [0.4, 0.5) is 14.5 Å². The Balaban J connectivity index is 1.83. The minimum absolute atomic E-state index is 0.0443. The summed E-state index contributed by atoms with van der Waals surface area (Å²) in [6.45, 7) is 0. The molecule has 0 aliphatic heterocycles. The second-order valence-electron chi connectivity index (χ2n) is 7.31. The Morgan fingerprint density at radius 2 is 1.32 bits per heavy atom. The molecule has 0 aliphatic rings. The molecule has 0 bridgehead atoms. The monoisotopic (exact) mass is 427 g/mol. The zero-order chi connectivity index (χ0) is 22.4. The van der Waals surface area contributed by atoms with Crippen LogP contribution in [0.1, 0.15) is 36.1 Å². The molecule has 0 heterocycles. The number of carboxylic acids is 1. The van der Waals surface area contributed by atoms with Crippen LogP contribution < -0.4 is 5.32 Å². The zero-order valence-electron chi connectivity index (χ0n) is 16.6. The lowest BCUT2D eigenvalue weighted by Gasteiger charge is -2.27. The van der Waals surface area contributed by atoms with Gasteiger partial charge >= 0.3 is 5.97 Å². The largest absolute Gasteiger partial charge is 0.508 e. The van der Waals surface area contributed by atoms with Crippen LogP contribution in [0.5, 0.6) is 5.75 Å². The number of aliphatic hydroxyl groups excluding tert-OH is 1. The Kier molecular flexibility index (Phi) is 7.20. The van der Waals surface area contributed by atoms with E-state index in [2.05, 4.69) is 5.32 Å². The van der Waals surface area contributed by atoms with Gasteiger partial charge in [-0.3, -0.25) is 4.79 Å². The van der Waals surface area contributed by atoms with Crippen LogP contribution in [0.2, 0.25) is 0 Å². The lowest BCUT2D eigenvalue weighted by Crippen LogP contribution is -2.28. The van der Waals surface area contributed by atoms with Gasteiger partial charge in [0.25, 0.3) is 0 Å². The van der Waals surface area contributed by atoms with Gasteiger partial charge in [0.1, 0.15) is 17.4 Å². The van der Waals surface area contributed by atoms with E-state index in [1.165, 1.54) is 60.7 Å². The number of rotatable bonds is 9. The van der Waals surface area contributed by atoms with E-state index >= 15 is 0 Å². The number of anilines is 1. The van der Waals surface area contributed by atoms with E-state index in [9.17, 15) is 28.9 Å². The van der Waals surface area contributed by atoms with Gasteiger partial charge in [-0.2, -0.15) is 0 Å². The molecular weight excluding hydrogens is 404 g/mol. The van der Waals surface area contributed by atoms with Gasteiger partial charge in [-0.25, -0.2) is 8.78 Å². The van der Waals surface area contributed by atoms with E-state index in [-0.39, 0.29) is 18.6 Å². The van der Waals surface area contributed by atoms with Crippen molar-refractivity contribution in [2.75, 3.05) is 5.32 Å². The molecule has 7 heteroatoms. The summed E-state index contributed by atoms with van der Waals surface area (Å²) in [6.07, 6.45) is -0.690. The predicted octanol–water partition coefficient (Wildman–Crippen LogP) is 5.04. The number of aliphatic hydroxyl groups is 1. The highest BCUT2D eigenvalue weighted by Crippen LogP contribution is 2.33. The molecule has 3 aromatic carbocycles. The number of phenolic OH excluding ortho intramolecular Hbond substituents is 1. The first-order chi connectivity index (χ1) is 14.8. The number of phenols is 1. The third kappa shape index (κ3) is 6.02. The number of hydrogen-bond acceptors (Lipinski definition) is 4. The molecule has 31 heavy (non-hydrogen) atoms. The summed E-state index contributed by atoms with van der Waals surface area (Å²) in [4.78, 5) is 12.1. The maximum Gasteiger partial charge on any atom is 0.308 e. The third-order valence-corrected chi connectivity index (χ3v) is 5.14. The molecule has 4 N–H and O–H groups in total. The highest BCUT2D eigenvalue weighted by atomic mass is 19.1. The number of halogens is 2. The number of nitrogens with one attached hydrogen (secondary N) is 1. The van der Waals surface area contributed by atoms with Crippen molar-refractivity contribution >= 4 is 11.7 Å². The molecule has 0 fully saturated rings. The predicted molar refractivity (Wildman–Crippen MR) is 113 cm³/mol. The molecule has 162 valence electrons. The molecule has 0 saturated carbocycles. The minimum Gasteiger partial charge on any atom is -0.508 e. The number of carboxylic acid groups (broad SMARTS) is 1. The Morgan fingerprint density at radius 1 is 0.806 bits per heavy atom. The Hall–Kier alpha value is -3.45. The molecule has 5 nitrogen and oxygen atoms in total. The zero-order valence-corrected chi connectivity index (χ0v) is 16.6. The van der Waals surface area contributed by atoms with Crippen LogP contribution in [0.25, 0.3) is 0 Å². The number of aliphatic carboxylic acids is 1. The third-order valence-electron chi connectivity index (χ3n) is 5.14. The lowest BCUT2D eigenvalue weighted by atomic mass is 9.87. The summed E-state index contributed by atoms with van der Waals surface area (Å²) in [6, 6.07) is 16.4. The Bertz CT molecular complexity index is 992. The summed E-state index contributed by atoms with van der Waals surface area (Å²) < 4.78 is 26.4. The molecule has 0 amide bonds. The summed E-state index contributed by atoms with van der Waals surface area (Å²) >= 11 is 0. The highest BCUT2D eigenvalue weighted by molar-refractivity contribution is 5.72. The molecule has 0 radical (unpaired) electrons. The van der Waals surface area contributed by atoms with Crippen molar-refractivity contribution in [1.82, 2.24) is 0 Å². The first-order valence-corrected chi connectivity index (χ1v) is 9.81. The van der Waals surface area contributed by atoms with Crippen LogP contribution in [-0.2, 0) is 4.79 Å². The maximum atomic E-state index is 13.3. The number of hydrogen-bond donors (Lipinski definition) is 4. The van der Waals surface area contributed by atoms with Crippen LogP contribution in [0.3, 0.4) is 0 Å². The van der Waals surface area contributed by atoms with Crippen molar-refractivity contribution in [1.29, 1.82) is 0 Å². The summed E-state index contributed by atoms with van der Waals surface area (Å²) in [7, 11) is 0. The van der Waals surface area contributed by atoms with E-state index < -0.39 is 35.7 Å². The van der Waals surface area contributed by atoms with Gasteiger partial charge in [0, 0.05) is 5.69 Å². The number of aromatic hydroxyl groups is 1. The van der Waals surface area contributed by atoms with E-state index in [4.69, 9.17) is 0 Å². The van der Waals surface area contributed by atoms with Crippen LogP contribution >= 0.6 is 0 Å². The van der Waals surface area contributed by atoms with E-state index in [1.807, 2.05) is 0 Å². The molecule has 0 unspecified atom stereocenters. The average molecular weight is 427 g/mol. The molecule has 0 aromatic heterocycles. The van der Waals surface area contributed by atoms with Crippen molar-refractivity contribution in [3.63, 3.8) is 0 Å². The van der Waals surface area contributed by atoms with E-state index in [0.29, 0.717) is 16.8 Å². The fourth-order valence-corrected chi connectivity index (χ4v) is 3.45. The van der Waals surface area contributed by atoms with Crippen LogP contribution in [0, 0.1) is 17.6 Å². The maximum absolute atomic E-state index is 13.3. The van der Waals surface area contributed by atoms with Crippen molar-refractivity contribution in [2.45, 2.75) is 25.0 Å². The molecule has 3 atom stereocenters.